The standard InChI is InChI=1S/2C13H24O4.3C12H22O4.C8H18O.C7H16O2/c1-10-16-7-11(8-17-10)6-15-9-12(5-14)13(2,3)4;1-10-16-7-11(8-17-10)6-15-9-12(14)5-13(2,3)4;1-9-14-7-11(8-15-9)16-10(6-13)5-12(2,3)4;1-12(2,3)9(6-13)7-15-8-10-4-5-11(14)16-10;1-12(2,3)6-9(13)7-15-8-10-4-5-11(14)16-10;1-5-7(9)6-8(2,3)4;1-7(2,3)6(4-8)5-9/h2*11-12,14H,1,5-9H2,2-4H3;10-11,13H,1,5-8H2,2-4H3;2*9-10,13H,4-8H2,1-3H3;7,9H,5-6H2,1-4H3;6,8-9H,4-5H2,1-3H3. The van der Waals surface area contributed by atoms with E-state index in [0.717, 1.165) is 38.5 Å². The Morgan fingerprint density at radius 3 is 0.940 bits per heavy atom. The fourth-order valence-electron chi connectivity index (χ4n) is 9.83. The first-order chi connectivity index (χ1) is 46.0. The van der Waals surface area contributed by atoms with E-state index < -0.39 is 12.2 Å². The van der Waals surface area contributed by atoms with Crippen molar-refractivity contribution in [3.8, 4) is 0 Å². The van der Waals surface area contributed by atoms with Crippen molar-refractivity contribution in [3.63, 3.8) is 0 Å². The summed E-state index contributed by atoms with van der Waals surface area (Å²) >= 11 is 0. The average molecular weight is 1440 g/mol. The van der Waals surface area contributed by atoms with E-state index in [-0.39, 0.29) is 143 Å². The molecular formula is C77H148O23. The van der Waals surface area contributed by atoms with Gasteiger partial charge in [-0.25, -0.2) is 0 Å². The minimum atomic E-state index is -0.447. The molecule has 0 aromatic rings. The Balaban J connectivity index is 0. The molecule has 5 saturated heterocycles. The van der Waals surface area contributed by atoms with E-state index in [0.29, 0.717) is 130 Å². The topological polar surface area (TPSA) is 316 Å². The molecule has 5 aliphatic rings. The molecule has 0 aromatic carbocycles. The number of aliphatic hydroxyl groups excluding tert-OH is 8. The van der Waals surface area contributed by atoms with Gasteiger partial charge >= 0.3 is 11.9 Å². The lowest BCUT2D eigenvalue weighted by molar-refractivity contribution is -0.148. The molecule has 100 heavy (non-hydrogen) atoms. The van der Waals surface area contributed by atoms with E-state index in [1.165, 1.54) is 0 Å². The molecule has 5 rings (SSSR count). The molecule has 0 spiro atoms. The van der Waals surface area contributed by atoms with Crippen LogP contribution < -0.4 is 0 Å². The van der Waals surface area contributed by atoms with Gasteiger partial charge in [0.25, 0.3) is 17.8 Å². The van der Waals surface area contributed by atoms with Crippen LogP contribution in [0.25, 0.3) is 0 Å². The Labute approximate surface area is 605 Å². The number of cyclic esters (lactones) is 2. The quantitative estimate of drug-likeness (QED) is 0.0338. The number of hydrogen-bond acceptors (Lipinski definition) is 23. The fourth-order valence-corrected chi connectivity index (χ4v) is 9.83. The highest BCUT2D eigenvalue weighted by Gasteiger charge is 2.31. The summed E-state index contributed by atoms with van der Waals surface area (Å²) in [5, 5.41) is 73.8. The predicted molar refractivity (Wildman–Crippen MR) is 389 cm³/mol. The number of aliphatic hydroxyl groups is 8. The van der Waals surface area contributed by atoms with Gasteiger partial charge in [0, 0.05) is 57.0 Å². The number of carbonyl (C=O) groups is 2. The lowest BCUT2D eigenvalue weighted by Crippen LogP contribution is -2.36. The Morgan fingerprint density at radius 2 is 0.690 bits per heavy atom. The normalized spacial score (nSPS) is 19.9. The van der Waals surface area contributed by atoms with Crippen LogP contribution in [0.15, 0.2) is 37.6 Å². The molecule has 5 heterocycles. The van der Waals surface area contributed by atoms with Gasteiger partial charge in [0.15, 0.2) is 0 Å². The van der Waals surface area contributed by atoms with E-state index in [2.05, 4.69) is 144 Å². The maximum Gasteiger partial charge on any atom is 0.306 e. The van der Waals surface area contributed by atoms with Crippen molar-refractivity contribution in [1.29, 1.82) is 0 Å². The van der Waals surface area contributed by atoms with Gasteiger partial charge in [0.1, 0.15) is 31.5 Å². The summed E-state index contributed by atoms with van der Waals surface area (Å²) in [7, 11) is 0. The number of esters is 2. The van der Waals surface area contributed by atoms with Crippen molar-refractivity contribution in [2.24, 2.45) is 67.5 Å². The highest BCUT2D eigenvalue weighted by molar-refractivity contribution is 5.71. The molecular weight excluding hydrogens is 1290 g/mol. The minimum Gasteiger partial charge on any atom is -0.465 e. The minimum absolute atomic E-state index is 0.0116. The molecule has 8 N–H and O–H groups in total. The van der Waals surface area contributed by atoms with E-state index in [9.17, 15) is 40.2 Å². The largest absolute Gasteiger partial charge is 0.465 e. The van der Waals surface area contributed by atoms with Crippen molar-refractivity contribution in [3.05, 3.63) is 37.6 Å². The monoisotopic (exact) mass is 1440 g/mol. The first-order valence-electron chi connectivity index (χ1n) is 36.3. The van der Waals surface area contributed by atoms with Gasteiger partial charge < -0.3 is 102 Å². The highest BCUT2D eigenvalue weighted by atomic mass is 16.7. The summed E-state index contributed by atoms with van der Waals surface area (Å²) in [4.78, 5) is 21.7. The van der Waals surface area contributed by atoms with Crippen LogP contribution in [-0.4, -0.2) is 221 Å². The second-order valence-corrected chi connectivity index (χ2v) is 35.1. The third kappa shape index (κ3) is 55.0. The molecule has 0 radical (unpaired) electrons. The molecule has 23 nitrogen and oxygen atoms in total. The molecule has 0 bridgehead atoms. The average Bonchev–Trinajstić information content (AvgIpc) is 1.01. The van der Waals surface area contributed by atoms with Crippen LogP contribution in [-0.2, 0) is 71.2 Å². The Morgan fingerprint density at radius 1 is 0.400 bits per heavy atom. The maximum atomic E-state index is 10.8. The molecule has 5 aliphatic heterocycles. The maximum absolute atomic E-state index is 10.8. The summed E-state index contributed by atoms with van der Waals surface area (Å²) < 4.78 is 68.7. The van der Waals surface area contributed by atoms with E-state index in [4.69, 9.17) is 71.8 Å². The molecule has 8 atom stereocenters. The zero-order chi connectivity index (χ0) is 77.3. The summed E-state index contributed by atoms with van der Waals surface area (Å²) in [5.41, 5.74) is 0.732. The molecule has 0 aromatic heterocycles. The Bertz CT molecular complexity index is 2110. The second kappa shape index (κ2) is 50.0. The highest BCUT2D eigenvalue weighted by Crippen LogP contribution is 2.30. The lowest BCUT2D eigenvalue weighted by atomic mass is 9.82. The predicted octanol–water partition coefficient (Wildman–Crippen LogP) is 11.1. The van der Waals surface area contributed by atoms with Gasteiger partial charge in [-0.15, -0.1) is 0 Å². The van der Waals surface area contributed by atoms with Crippen molar-refractivity contribution in [2.45, 2.75) is 253 Å². The van der Waals surface area contributed by atoms with Gasteiger partial charge in [-0.3, -0.25) is 9.59 Å². The van der Waals surface area contributed by atoms with Crippen molar-refractivity contribution >= 4 is 11.9 Å². The van der Waals surface area contributed by atoms with Gasteiger partial charge in [-0.1, -0.05) is 152 Å². The van der Waals surface area contributed by atoms with Gasteiger partial charge in [-0.2, -0.15) is 0 Å². The Hall–Kier alpha value is -3.56. The van der Waals surface area contributed by atoms with E-state index in [1.807, 2.05) is 27.7 Å². The summed E-state index contributed by atoms with van der Waals surface area (Å²) in [6.07, 6.45) is 5.04. The molecule has 594 valence electrons. The molecule has 0 aliphatic carbocycles. The lowest BCUT2D eigenvalue weighted by Gasteiger charge is -2.31. The zero-order valence-electron chi connectivity index (χ0n) is 66.5. The first-order valence-corrected chi connectivity index (χ1v) is 36.3. The zero-order valence-corrected chi connectivity index (χ0v) is 66.5. The molecule has 8 unspecified atom stereocenters. The fraction of sp³-hybridized carbons (Fsp3) is 0.896. The van der Waals surface area contributed by atoms with Gasteiger partial charge in [0.2, 0.25) is 0 Å². The molecule has 23 heteroatoms. The smallest absolute Gasteiger partial charge is 0.306 e. The third-order valence-electron chi connectivity index (χ3n) is 16.3. The number of ether oxygens (including phenoxy) is 13. The molecule has 0 saturated carbocycles. The molecule has 0 amide bonds. The molecule has 5 fully saturated rings. The summed E-state index contributed by atoms with van der Waals surface area (Å²) in [6, 6.07) is 0. The van der Waals surface area contributed by atoms with Gasteiger partial charge in [-0.05, 0) is 103 Å². The van der Waals surface area contributed by atoms with Gasteiger partial charge in [0.05, 0.1) is 122 Å². The number of carbonyl (C=O) groups excluding carboxylic acids is 2. The van der Waals surface area contributed by atoms with Crippen molar-refractivity contribution < 1.29 is 112 Å². The van der Waals surface area contributed by atoms with Crippen LogP contribution in [0.4, 0.5) is 0 Å². The third-order valence-corrected chi connectivity index (χ3v) is 16.3. The second-order valence-electron chi connectivity index (χ2n) is 35.1. The SMILES string of the molecule is C=C1OCC(COCC(CO)C(C)(C)C)CO1.C=C1OCC(COCC(O)CC(C)(C)C)CO1.C=C1OCC(OC(CO)CC(C)(C)C)CO1.CC(C)(C)C(CO)CO.CC(C)(C)C(CO)COCC1CCC(=O)O1.CC(C)(C)CC(O)COCC1CCC(=O)O1.CCC(O)CC(C)(C)C. The van der Waals surface area contributed by atoms with Crippen molar-refractivity contribution in [2.75, 3.05) is 126 Å². The van der Waals surface area contributed by atoms with Crippen LogP contribution in [0, 0.1) is 67.5 Å². The summed E-state index contributed by atoms with van der Waals surface area (Å²) in [6.45, 7) is 64.0. The Kier molecular flexibility index (Phi) is 49.3. The summed E-state index contributed by atoms with van der Waals surface area (Å²) in [5.74, 6) is 1.59. The van der Waals surface area contributed by atoms with Crippen LogP contribution in [0.3, 0.4) is 0 Å². The van der Waals surface area contributed by atoms with Crippen LogP contribution in [0.5, 0.6) is 0 Å². The number of rotatable bonds is 28. The van der Waals surface area contributed by atoms with Crippen LogP contribution in [0.1, 0.15) is 210 Å². The van der Waals surface area contributed by atoms with E-state index in [1.54, 1.807) is 0 Å². The van der Waals surface area contributed by atoms with E-state index >= 15 is 0 Å². The first kappa shape index (κ1) is 98.5. The number of hydrogen-bond donors (Lipinski definition) is 8. The van der Waals surface area contributed by atoms with Crippen molar-refractivity contribution in [1.82, 2.24) is 0 Å². The van der Waals surface area contributed by atoms with Crippen LogP contribution in [0.2, 0.25) is 0 Å². The van der Waals surface area contributed by atoms with Crippen LogP contribution >= 0.6 is 0 Å².